The van der Waals surface area contributed by atoms with E-state index in [0.717, 1.165) is 35.4 Å². The second-order valence-electron chi connectivity index (χ2n) is 16.4. The first-order valence-corrected chi connectivity index (χ1v) is 19.0. The number of hydrogen-bond donors (Lipinski definition) is 3. The van der Waals surface area contributed by atoms with Gasteiger partial charge in [-0.3, -0.25) is 14.4 Å². The van der Waals surface area contributed by atoms with Crippen molar-refractivity contribution in [2.45, 2.75) is 71.7 Å². The molecule has 1 heterocycles. The Bertz CT molecular complexity index is 1690. The van der Waals surface area contributed by atoms with Crippen LogP contribution >= 0.6 is 0 Å². The van der Waals surface area contributed by atoms with Gasteiger partial charge in [0.15, 0.2) is 0 Å². The summed E-state index contributed by atoms with van der Waals surface area (Å²) >= 11 is 0. The Balaban J connectivity index is 1.17. The summed E-state index contributed by atoms with van der Waals surface area (Å²) in [6, 6.07) is 23.0. The second-order valence-corrected chi connectivity index (χ2v) is 16.4. The topological polar surface area (TPSA) is 103 Å². The quantitative estimate of drug-likeness (QED) is 0.194. The van der Waals surface area contributed by atoms with Gasteiger partial charge in [0.1, 0.15) is 11.8 Å². The normalized spacial score (nSPS) is 26.3. The molecule has 9 heteroatoms. The fourth-order valence-corrected chi connectivity index (χ4v) is 9.24. The van der Waals surface area contributed by atoms with Crippen LogP contribution in [0.1, 0.15) is 62.0 Å². The minimum atomic E-state index is -0.713. The molecule has 2 bridgehead atoms. The zero-order valence-electron chi connectivity index (χ0n) is 32.0. The van der Waals surface area contributed by atoms with Crippen molar-refractivity contribution in [3.8, 4) is 16.9 Å². The Morgan fingerprint density at radius 2 is 1.81 bits per heavy atom. The van der Waals surface area contributed by atoms with E-state index in [9.17, 15) is 14.7 Å². The van der Waals surface area contributed by atoms with Crippen LogP contribution in [0.4, 0.5) is 0 Å². The maximum absolute atomic E-state index is 13.9. The Hall–Kier alpha value is -3.76. The highest BCUT2D eigenvalue weighted by atomic mass is 16.7. The van der Waals surface area contributed by atoms with Crippen LogP contribution in [-0.4, -0.2) is 86.0 Å². The van der Waals surface area contributed by atoms with E-state index in [1.54, 1.807) is 19.1 Å². The standard InChI is InChI=1S/C43H58N4O5/c1-27-33(21-34-22-38(27)43(34,3)4)23-44-42(50)39-37(28(2)48)26-52-47(39)24-32-17-12-18-36(40(32)51-7)30-15-11-16-31(20-30)41(49)45-35(25-46(5)6)19-29-13-9-8-10-14-29/h8-18,20,27-28,33-35,37-39,48H,19,21-26H2,1-7H3,(H,44,50)(H,45,49)/t27-,28+,33?,34+,35+,37+,38+,39+/m1/s1. The van der Waals surface area contributed by atoms with Crippen molar-refractivity contribution in [2.24, 2.45) is 35.0 Å². The second kappa shape index (κ2) is 16.1. The summed E-state index contributed by atoms with van der Waals surface area (Å²) in [7, 11) is 5.66. The number of aliphatic hydroxyl groups excluding tert-OH is 1. The van der Waals surface area contributed by atoms with Gasteiger partial charge in [0.05, 0.1) is 26.4 Å². The van der Waals surface area contributed by atoms with Crippen molar-refractivity contribution in [3.05, 3.63) is 89.5 Å². The molecule has 8 atom stereocenters. The number of likely N-dealkylation sites (N-methyl/N-ethyl adjacent to an activating group) is 1. The van der Waals surface area contributed by atoms with E-state index in [4.69, 9.17) is 9.57 Å². The number of carbonyl (C=O) groups excluding carboxylic acids is 2. The van der Waals surface area contributed by atoms with Crippen LogP contribution in [0.15, 0.2) is 72.8 Å². The molecule has 1 aliphatic heterocycles. The zero-order chi connectivity index (χ0) is 37.2. The molecule has 9 nitrogen and oxygen atoms in total. The Morgan fingerprint density at radius 3 is 2.48 bits per heavy atom. The van der Waals surface area contributed by atoms with Crippen LogP contribution in [0.25, 0.3) is 11.1 Å². The van der Waals surface area contributed by atoms with Crippen molar-refractivity contribution in [1.82, 2.24) is 20.6 Å². The molecular formula is C43H58N4O5. The van der Waals surface area contributed by atoms with E-state index in [0.29, 0.717) is 54.1 Å². The molecule has 0 spiro atoms. The molecule has 0 aromatic heterocycles. The highest BCUT2D eigenvalue weighted by Gasteiger charge is 2.56. The van der Waals surface area contributed by atoms with Gasteiger partial charge in [-0.1, -0.05) is 81.4 Å². The molecule has 2 amide bonds. The first kappa shape index (κ1) is 38.0. The third-order valence-corrected chi connectivity index (χ3v) is 12.4. The molecule has 7 rings (SSSR count). The number of nitrogens with zero attached hydrogens (tertiary/aromatic N) is 2. The largest absolute Gasteiger partial charge is 0.496 e. The van der Waals surface area contributed by atoms with Gasteiger partial charge in [-0.15, -0.1) is 0 Å². The smallest absolute Gasteiger partial charge is 0.251 e. The summed E-state index contributed by atoms with van der Waals surface area (Å²) in [6.45, 7) is 10.8. The fraction of sp³-hybridized carbons (Fsp3) is 0.535. The minimum absolute atomic E-state index is 0.0636. The van der Waals surface area contributed by atoms with Crippen LogP contribution in [0.3, 0.4) is 0 Å². The van der Waals surface area contributed by atoms with Crippen LogP contribution in [-0.2, 0) is 22.6 Å². The first-order valence-electron chi connectivity index (χ1n) is 19.0. The van der Waals surface area contributed by atoms with Gasteiger partial charge in [0, 0.05) is 41.7 Å². The zero-order valence-corrected chi connectivity index (χ0v) is 32.0. The van der Waals surface area contributed by atoms with Crippen LogP contribution in [0, 0.1) is 35.0 Å². The monoisotopic (exact) mass is 710 g/mol. The van der Waals surface area contributed by atoms with Crippen molar-refractivity contribution in [3.63, 3.8) is 0 Å². The van der Waals surface area contributed by atoms with Gasteiger partial charge >= 0.3 is 0 Å². The summed E-state index contributed by atoms with van der Waals surface area (Å²) in [6.07, 6.45) is 2.46. The lowest BCUT2D eigenvalue weighted by molar-refractivity contribution is -0.158. The predicted octanol–water partition coefficient (Wildman–Crippen LogP) is 5.81. The summed E-state index contributed by atoms with van der Waals surface area (Å²) in [5.41, 5.74) is 4.66. The Labute approximate surface area is 310 Å². The van der Waals surface area contributed by atoms with Gasteiger partial charge in [-0.25, -0.2) is 0 Å². The number of benzene rings is 3. The lowest BCUT2D eigenvalue weighted by Gasteiger charge is -2.62. The molecule has 0 radical (unpaired) electrons. The van der Waals surface area contributed by atoms with Crippen molar-refractivity contribution >= 4 is 11.8 Å². The van der Waals surface area contributed by atoms with Crippen LogP contribution < -0.4 is 15.4 Å². The number of ether oxygens (including phenoxy) is 1. The number of nitrogens with one attached hydrogen (secondary N) is 2. The van der Waals surface area contributed by atoms with E-state index in [1.807, 2.05) is 74.8 Å². The van der Waals surface area contributed by atoms with Crippen molar-refractivity contribution < 1.29 is 24.3 Å². The van der Waals surface area contributed by atoms with Crippen molar-refractivity contribution in [1.29, 1.82) is 0 Å². The molecule has 3 aromatic carbocycles. The molecule has 280 valence electrons. The van der Waals surface area contributed by atoms with Gasteiger partial charge in [0.25, 0.3) is 5.91 Å². The van der Waals surface area contributed by atoms with E-state index in [2.05, 4.69) is 48.4 Å². The maximum atomic E-state index is 13.9. The third-order valence-electron chi connectivity index (χ3n) is 12.4. The fourth-order valence-electron chi connectivity index (χ4n) is 9.24. The van der Waals surface area contributed by atoms with Crippen LogP contribution in [0.5, 0.6) is 5.75 Å². The van der Waals surface area contributed by atoms with E-state index in [1.165, 1.54) is 12.0 Å². The van der Waals surface area contributed by atoms with Gasteiger partial charge in [0.2, 0.25) is 5.91 Å². The highest BCUT2D eigenvalue weighted by Crippen LogP contribution is 2.62. The summed E-state index contributed by atoms with van der Waals surface area (Å²) in [5, 5.41) is 18.9. The lowest BCUT2D eigenvalue weighted by Crippen LogP contribution is -2.57. The average molecular weight is 711 g/mol. The number of fused-ring (bicyclic) bond motifs is 2. The molecule has 3 aliphatic carbocycles. The molecule has 1 unspecified atom stereocenters. The Morgan fingerprint density at radius 1 is 1.06 bits per heavy atom. The first-order chi connectivity index (χ1) is 24.9. The van der Waals surface area contributed by atoms with E-state index < -0.39 is 12.1 Å². The van der Waals surface area contributed by atoms with Gasteiger partial charge in [-0.2, -0.15) is 5.06 Å². The molecule has 52 heavy (non-hydrogen) atoms. The predicted molar refractivity (Wildman–Crippen MR) is 204 cm³/mol. The number of hydrogen-bond acceptors (Lipinski definition) is 7. The molecule has 1 saturated heterocycles. The highest BCUT2D eigenvalue weighted by molar-refractivity contribution is 5.96. The number of aliphatic hydroxyl groups is 1. The summed E-state index contributed by atoms with van der Waals surface area (Å²) in [5.74, 6) is 2.50. The molecule has 3 N–H and O–H groups in total. The number of carbonyl (C=O) groups is 2. The molecule has 4 fully saturated rings. The molecule has 3 aromatic rings. The number of hydroxylamine groups is 2. The van der Waals surface area contributed by atoms with Crippen molar-refractivity contribution in [2.75, 3.05) is 40.9 Å². The summed E-state index contributed by atoms with van der Waals surface area (Å²) in [4.78, 5) is 35.7. The van der Waals surface area contributed by atoms with Gasteiger partial charge < -0.3 is 25.4 Å². The lowest BCUT2D eigenvalue weighted by atomic mass is 9.43. The average Bonchev–Trinajstić information content (AvgIpc) is 3.54. The van der Waals surface area contributed by atoms with E-state index >= 15 is 0 Å². The minimum Gasteiger partial charge on any atom is -0.496 e. The SMILES string of the molecule is COc1c(CN2OC[C@@H]([C@H](C)O)[C@H]2C(=O)NCC2C[C@H]3C[C@@H]([C@@H]2C)C3(C)C)cccc1-c1cccc(C(=O)N[C@@H](Cc2ccccc2)CN(C)C)c1. The third kappa shape index (κ3) is 8.08. The summed E-state index contributed by atoms with van der Waals surface area (Å²) < 4.78 is 6.02. The van der Waals surface area contributed by atoms with Gasteiger partial charge in [-0.05, 0) is 92.6 Å². The van der Waals surface area contributed by atoms with Crippen LogP contribution in [0.2, 0.25) is 0 Å². The Kier molecular flexibility index (Phi) is 11.7. The molecule has 3 saturated carbocycles. The number of para-hydroxylation sites is 1. The maximum Gasteiger partial charge on any atom is 0.251 e. The molecule has 4 aliphatic rings. The number of amides is 2. The number of rotatable bonds is 14. The van der Waals surface area contributed by atoms with E-state index in [-0.39, 0.29) is 30.4 Å². The number of methoxy groups -OCH3 is 1. The molecular weight excluding hydrogens is 652 g/mol.